The molecule has 0 aromatic heterocycles. The molecule has 3 heteroatoms. The highest BCUT2D eigenvalue weighted by molar-refractivity contribution is 9.10. The van der Waals surface area contributed by atoms with Crippen molar-refractivity contribution in [1.82, 2.24) is 0 Å². The third kappa shape index (κ3) is 2.95. The van der Waals surface area contributed by atoms with E-state index in [4.69, 9.17) is 5.73 Å². The number of halogens is 1. The summed E-state index contributed by atoms with van der Waals surface area (Å²) >= 11 is 3.48. The van der Waals surface area contributed by atoms with Gasteiger partial charge in [0.1, 0.15) is 0 Å². The second-order valence-electron chi connectivity index (χ2n) is 4.20. The first-order chi connectivity index (χ1) is 6.93. The van der Waals surface area contributed by atoms with Gasteiger partial charge in [-0.15, -0.1) is 0 Å². The van der Waals surface area contributed by atoms with Crippen LogP contribution in [-0.4, -0.2) is 13.1 Å². The number of nitrogens with zero attached hydrogens (tertiary/aromatic N) is 1. The first-order valence-electron chi connectivity index (χ1n) is 5.21. The van der Waals surface area contributed by atoms with E-state index in [0.717, 1.165) is 4.47 Å². The topological polar surface area (TPSA) is 29.3 Å². The summed E-state index contributed by atoms with van der Waals surface area (Å²) in [6.07, 6.45) is 0. The maximum Gasteiger partial charge on any atom is 0.0415 e. The Kier molecular flexibility index (Phi) is 4.17. The molecule has 0 aliphatic heterocycles. The molecule has 0 radical (unpaired) electrons. The zero-order valence-electron chi connectivity index (χ0n) is 9.79. The monoisotopic (exact) mass is 270 g/mol. The first kappa shape index (κ1) is 12.5. The van der Waals surface area contributed by atoms with E-state index in [1.165, 1.54) is 11.3 Å². The van der Waals surface area contributed by atoms with Crippen molar-refractivity contribution in [3.63, 3.8) is 0 Å². The normalized spacial score (nSPS) is 13.0. The molecule has 0 aliphatic rings. The Morgan fingerprint density at radius 1 is 1.27 bits per heavy atom. The molecule has 0 bridgehead atoms. The lowest BCUT2D eigenvalue weighted by atomic mass is 10.1. The lowest BCUT2D eigenvalue weighted by Crippen LogP contribution is -2.27. The number of nitrogens with two attached hydrogens (primary N) is 1. The first-order valence-corrected chi connectivity index (χ1v) is 6.00. The van der Waals surface area contributed by atoms with Crippen LogP contribution in [0.1, 0.15) is 32.4 Å². The van der Waals surface area contributed by atoms with Gasteiger partial charge in [0, 0.05) is 29.3 Å². The zero-order valence-corrected chi connectivity index (χ0v) is 11.4. The molecule has 0 fully saturated rings. The summed E-state index contributed by atoms with van der Waals surface area (Å²) in [4.78, 5) is 2.24. The highest BCUT2D eigenvalue weighted by atomic mass is 79.9. The van der Waals surface area contributed by atoms with Crippen molar-refractivity contribution < 1.29 is 0 Å². The van der Waals surface area contributed by atoms with Gasteiger partial charge in [-0.2, -0.15) is 0 Å². The van der Waals surface area contributed by atoms with Gasteiger partial charge in [-0.3, -0.25) is 0 Å². The molecule has 1 rings (SSSR count). The zero-order chi connectivity index (χ0) is 11.6. The van der Waals surface area contributed by atoms with Gasteiger partial charge in [-0.25, -0.2) is 0 Å². The molecule has 0 saturated carbocycles. The van der Waals surface area contributed by atoms with Crippen molar-refractivity contribution in [2.24, 2.45) is 5.73 Å². The van der Waals surface area contributed by atoms with Crippen LogP contribution in [0.2, 0.25) is 0 Å². The fourth-order valence-corrected chi connectivity index (χ4v) is 1.87. The molecule has 84 valence electrons. The molecule has 0 amide bonds. The summed E-state index contributed by atoms with van der Waals surface area (Å²) in [7, 11) is 2.10. The van der Waals surface area contributed by atoms with E-state index in [1.54, 1.807) is 0 Å². The Morgan fingerprint density at radius 3 is 2.33 bits per heavy atom. The number of rotatable bonds is 3. The highest BCUT2D eigenvalue weighted by Gasteiger charge is 2.13. The van der Waals surface area contributed by atoms with Crippen molar-refractivity contribution in [1.29, 1.82) is 0 Å². The Balaban J connectivity index is 3.16. The quantitative estimate of drug-likeness (QED) is 0.913. The SMILES string of the molecule is CC(N)c1cc(Br)ccc1N(C)C(C)C. The standard InChI is InChI=1S/C12H19BrN2/c1-8(2)15(4)12-6-5-10(13)7-11(12)9(3)14/h5-9H,14H2,1-4H3. The van der Waals surface area contributed by atoms with E-state index in [0.29, 0.717) is 6.04 Å². The van der Waals surface area contributed by atoms with Gasteiger partial charge in [-0.05, 0) is 44.5 Å². The predicted octanol–water partition coefficient (Wildman–Crippen LogP) is 3.31. The molecule has 0 spiro atoms. The van der Waals surface area contributed by atoms with E-state index < -0.39 is 0 Å². The van der Waals surface area contributed by atoms with Gasteiger partial charge in [-0.1, -0.05) is 15.9 Å². The minimum absolute atomic E-state index is 0.0544. The second-order valence-corrected chi connectivity index (χ2v) is 5.11. The fourth-order valence-electron chi connectivity index (χ4n) is 1.49. The lowest BCUT2D eigenvalue weighted by Gasteiger charge is -2.27. The van der Waals surface area contributed by atoms with Gasteiger partial charge >= 0.3 is 0 Å². The van der Waals surface area contributed by atoms with Crippen LogP contribution in [0, 0.1) is 0 Å². The third-order valence-electron chi connectivity index (χ3n) is 2.63. The van der Waals surface area contributed by atoms with Crippen molar-refractivity contribution in [3.05, 3.63) is 28.2 Å². The lowest BCUT2D eigenvalue weighted by molar-refractivity contribution is 0.734. The van der Waals surface area contributed by atoms with E-state index >= 15 is 0 Å². The molecule has 0 aliphatic carbocycles. The average Bonchev–Trinajstić information content (AvgIpc) is 2.16. The molecular formula is C12H19BrN2. The Morgan fingerprint density at radius 2 is 1.87 bits per heavy atom. The number of hydrogen-bond acceptors (Lipinski definition) is 2. The Labute approximate surface area is 101 Å². The molecule has 2 N–H and O–H groups in total. The second kappa shape index (κ2) is 4.99. The van der Waals surface area contributed by atoms with Crippen molar-refractivity contribution in [2.75, 3.05) is 11.9 Å². The summed E-state index contributed by atoms with van der Waals surface area (Å²) < 4.78 is 1.08. The summed E-state index contributed by atoms with van der Waals surface area (Å²) in [6, 6.07) is 6.80. The molecule has 1 unspecified atom stereocenters. The molecule has 1 aromatic carbocycles. The maximum atomic E-state index is 5.97. The van der Waals surface area contributed by atoms with Crippen LogP contribution in [0.5, 0.6) is 0 Å². The smallest absolute Gasteiger partial charge is 0.0415 e. The molecule has 15 heavy (non-hydrogen) atoms. The van der Waals surface area contributed by atoms with Crippen molar-refractivity contribution in [3.8, 4) is 0 Å². The Hall–Kier alpha value is -0.540. The van der Waals surface area contributed by atoms with Crippen LogP contribution < -0.4 is 10.6 Å². The maximum absolute atomic E-state index is 5.97. The number of hydrogen-bond donors (Lipinski definition) is 1. The van der Waals surface area contributed by atoms with Crippen LogP contribution in [0.4, 0.5) is 5.69 Å². The fraction of sp³-hybridized carbons (Fsp3) is 0.500. The molecule has 1 aromatic rings. The van der Waals surface area contributed by atoms with Crippen LogP contribution in [0.3, 0.4) is 0 Å². The minimum Gasteiger partial charge on any atom is -0.372 e. The van der Waals surface area contributed by atoms with Gasteiger partial charge in [0.2, 0.25) is 0 Å². The van der Waals surface area contributed by atoms with Crippen molar-refractivity contribution in [2.45, 2.75) is 32.9 Å². The largest absolute Gasteiger partial charge is 0.372 e. The van der Waals surface area contributed by atoms with Gasteiger partial charge in [0.25, 0.3) is 0 Å². The van der Waals surface area contributed by atoms with Crippen LogP contribution in [0.15, 0.2) is 22.7 Å². The number of anilines is 1. The van der Waals surface area contributed by atoms with Gasteiger partial charge in [0.05, 0.1) is 0 Å². The van der Waals surface area contributed by atoms with Crippen LogP contribution in [0.25, 0.3) is 0 Å². The van der Waals surface area contributed by atoms with E-state index in [2.05, 4.69) is 59.9 Å². The summed E-state index contributed by atoms with van der Waals surface area (Å²) in [5.74, 6) is 0. The predicted molar refractivity (Wildman–Crippen MR) is 70.3 cm³/mol. The van der Waals surface area contributed by atoms with Gasteiger partial charge in [0.15, 0.2) is 0 Å². The molecule has 2 nitrogen and oxygen atoms in total. The summed E-state index contributed by atoms with van der Waals surface area (Å²) in [5, 5.41) is 0. The van der Waals surface area contributed by atoms with Crippen molar-refractivity contribution >= 4 is 21.6 Å². The van der Waals surface area contributed by atoms with Crippen LogP contribution >= 0.6 is 15.9 Å². The Bertz CT molecular complexity index is 334. The molecule has 0 saturated heterocycles. The minimum atomic E-state index is 0.0544. The van der Waals surface area contributed by atoms with E-state index in [-0.39, 0.29) is 6.04 Å². The van der Waals surface area contributed by atoms with E-state index in [1.807, 2.05) is 6.92 Å². The average molecular weight is 271 g/mol. The van der Waals surface area contributed by atoms with Crippen LogP contribution in [-0.2, 0) is 0 Å². The third-order valence-corrected chi connectivity index (χ3v) is 3.13. The highest BCUT2D eigenvalue weighted by Crippen LogP contribution is 2.28. The summed E-state index contributed by atoms with van der Waals surface area (Å²) in [6.45, 7) is 6.36. The molecular weight excluding hydrogens is 252 g/mol. The summed E-state index contributed by atoms with van der Waals surface area (Å²) in [5.41, 5.74) is 8.37. The van der Waals surface area contributed by atoms with Gasteiger partial charge < -0.3 is 10.6 Å². The van der Waals surface area contributed by atoms with E-state index in [9.17, 15) is 0 Å². The number of benzene rings is 1. The molecule has 0 heterocycles. The molecule has 1 atom stereocenters.